The third-order valence-electron chi connectivity index (χ3n) is 1.09. The highest BCUT2D eigenvalue weighted by Crippen LogP contribution is 2.02. The molecule has 0 heterocycles. The Hall–Kier alpha value is -0.960. The second-order valence-electron chi connectivity index (χ2n) is 1.93. The van der Waals surface area contributed by atoms with Crippen LogP contribution in [0, 0.1) is 12.3 Å². The summed E-state index contributed by atoms with van der Waals surface area (Å²) >= 11 is 0. The van der Waals surface area contributed by atoms with E-state index in [0.717, 1.165) is 24.8 Å². The van der Waals surface area contributed by atoms with Crippen molar-refractivity contribution >= 4 is 0 Å². The van der Waals surface area contributed by atoms with Crippen LogP contribution < -0.4 is 0 Å². The lowest BCUT2D eigenvalue weighted by atomic mass is 10.1. The number of rotatable bonds is 4. The van der Waals surface area contributed by atoms with Crippen molar-refractivity contribution < 1.29 is 0 Å². The fourth-order valence-electron chi connectivity index (χ4n) is 0.532. The molecule has 0 bridgehead atoms. The highest BCUT2D eigenvalue weighted by atomic mass is 13.9. The van der Waals surface area contributed by atoms with Crippen molar-refractivity contribution in [3.63, 3.8) is 0 Å². The zero-order chi connectivity index (χ0) is 7.11. The van der Waals surface area contributed by atoms with Gasteiger partial charge in [-0.05, 0) is 24.8 Å². The molecule has 0 aromatic heterocycles. The summed E-state index contributed by atoms with van der Waals surface area (Å²) in [5.74, 6) is 2.50. The fourth-order valence-corrected chi connectivity index (χ4v) is 0.532. The van der Waals surface area contributed by atoms with E-state index >= 15 is 0 Å². The smallest absolute Gasteiger partial charge is 0.00541 e. The number of hydrogen-bond acceptors (Lipinski definition) is 0. The van der Waals surface area contributed by atoms with Crippen LogP contribution in [-0.4, -0.2) is 0 Å². The van der Waals surface area contributed by atoms with Gasteiger partial charge in [-0.25, -0.2) is 0 Å². The molecule has 0 atom stereocenters. The van der Waals surface area contributed by atoms with Gasteiger partial charge in [0.2, 0.25) is 0 Å². The molecule has 0 spiro atoms. The molecule has 0 radical (unpaired) electrons. The second-order valence-corrected chi connectivity index (χ2v) is 1.93. The quantitative estimate of drug-likeness (QED) is 0.304. The molecule has 0 aromatic carbocycles. The molecular weight excluding hydrogens is 108 g/mol. The van der Waals surface area contributed by atoms with Gasteiger partial charge in [0.05, 0.1) is 0 Å². The predicted molar refractivity (Wildman–Crippen MR) is 42.0 cm³/mol. The molecule has 9 heavy (non-hydrogen) atoms. The molecule has 0 saturated carbocycles. The first-order chi connectivity index (χ1) is 4.31. The molecule has 0 nitrogen and oxygen atoms in total. The van der Waals surface area contributed by atoms with Gasteiger partial charge in [-0.2, -0.15) is 0 Å². The van der Waals surface area contributed by atoms with Crippen LogP contribution in [0.25, 0.3) is 0 Å². The van der Waals surface area contributed by atoms with E-state index in [1.54, 1.807) is 0 Å². The molecule has 0 aromatic rings. The van der Waals surface area contributed by atoms with Crippen LogP contribution >= 0.6 is 0 Å². The topological polar surface area (TPSA) is 0 Å². The minimum Gasteiger partial charge on any atom is -0.115 e. The molecule has 0 rings (SSSR count). The third-order valence-corrected chi connectivity index (χ3v) is 1.09. The Bertz CT molecular complexity index is 135. The lowest BCUT2D eigenvalue weighted by molar-refractivity contribution is 0.854. The summed E-state index contributed by atoms with van der Waals surface area (Å²) in [5.41, 5.74) is 0.886. The number of unbranched alkanes of at least 4 members (excludes halogenated alkanes) is 1. The molecule has 0 aliphatic rings. The lowest BCUT2D eigenvalue weighted by Crippen LogP contribution is -1.75. The molecule has 0 amide bonds. The molecular formula is C9H12. The van der Waals surface area contributed by atoms with Gasteiger partial charge in [0.1, 0.15) is 0 Å². The van der Waals surface area contributed by atoms with Gasteiger partial charge < -0.3 is 0 Å². The van der Waals surface area contributed by atoms with Gasteiger partial charge in [-0.1, -0.05) is 18.6 Å². The average molecular weight is 120 g/mol. The summed E-state index contributed by atoms with van der Waals surface area (Å²) in [6.07, 6.45) is 10.0. The van der Waals surface area contributed by atoms with Crippen molar-refractivity contribution in [1.29, 1.82) is 0 Å². The maximum Gasteiger partial charge on any atom is -0.00541 e. The minimum atomic E-state index is 0.886. The van der Waals surface area contributed by atoms with Crippen molar-refractivity contribution in [1.82, 2.24) is 0 Å². The van der Waals surface area contributed by atoms with E-state index in [1.807, 2.05) is 6.08 Å². The average Bonchev–Trinajstić information content (AvgIpc) is 1.89. The summed E-state index contributed by atoms with van der Waals surface area (Å²) in [4.78, 5) is 0. The Morgan fingerprint density at radius 3 is 2.78 bits per heavy atom. The van der Waals surface area contributed by atoms with E-state index in [4.69, 9.17) is 6.42 Å². The Morgan fingerprint density at radius 2 is 2.33 bits per heavy atom. The van der Waals surface area contributed by atoms with Crippen LogP contribution in [0.4, 0.5) is 0 Å². The predicted octanol–water partition coefficient (Wildman–Crippen LogP) is 2.53. The Morgan fingerprint density at radius 1 is 1.67 bits per heavy atom. The SMILES string of the molecule is C#CC(=C)CCCC=C. The monoisotopic (exact) mass is 120 g/mol. The van der Waals surface area contributed by atoms with E-state index in [2.05, 4.69) is 19.1 Å². The summed E-state index contributed by atoms with van der Waals surface area (Å²) in [6.45, 7) is 7.28. The number of allylic oxidation sites excluding steroid dienone is 2. The van der Waals surface area contributed by atoms with Crippen molar-refractivity contribution in [3.05, 3.63) is 24.8 Å². The number of terminal acetylenes is 1. The Balaban J connectivity index is 3.19. The standard InChI is InChI=1S/C9H12/c1-4-6-7-8-9(3)5-2/h2,4H,1,3,6-8H2. The van der Waals surface area contributed by atoms with Gasteiger partial charge in [0.15, 0.2) is 0 Å². The molecule has 0 fully saturated rings. The van der Waals surface area contributed by atoms with Crippen LogP contribution in [-0.2, 0) is 0 Å². The van der Waals surface area contributed by atoms with Gasteiger partial charge in [-0.3, -0.25) is 0 Å². The largest absolute Gasteiger partial charge is 0.115 e. The van der Waals surface area contributed by atoms with Crippen molar-refractivity contribution in [2.75, 3.05) is 0 Å². The van der Waals surface area contributed by atoms with Crippen molar-refractivity contribution in [2.45, 2.75) is 19.3 Å². The van der Waals surface area contributed by atoms with Gasteiger partial charge in [-0.15, -0.1) is 13.0 Å². The summed E-state index contributed by atoms with van der Waals surface area (Å²) < 4.78 is 0. The van der Waals surface area contributed by atoms with E-state index < -0.39 is 0 Å². The maximum absolute atomic E-state index is 5.08. The molecule has 0 unspecified atom stereocenters. The van der Waals surface area contributed by atoms with Crippen molar-refractivity contribution in [3.8, 4) is 12.3 Å². The normalized spacial score (nSPS) is 7.89. The highest BCUT2D eigenvalue weighted by Gasteiger charge is 1.85. The van der Waals surface area contributed by atoms with E-state index in [0.29, 0.717) is 0 Å². The van der Waals surface area contributed by atoms with Gasteiger partial charge in [0.25, 0.3) is 0 Å². The van der Waals surface area contributed by atoms with E-state index in [9.17, 15) is 0 Å². The third kappa shape index (κ3) is 4.90. The molecule has 0 N–H and O–H groups in total. The van der Waals surface area contributed by atoms with Crippen LogP contribution in [0.2, 0.25) is 0 Å². The summed E-state index contributed by atoms with van der Waals surface area (Å²) in [7, 11) is 0. The van der Waals surface area contributed by atoms with Crippen LogP contribution in [0.15, 0.2) is 24.8 Å². The Labute approximate surface area is 57.3 Å². The van der Waals surface area contributed by atoms with Gasteiger partial charge >= 0.3 is 0 Å². The molecule has 48 valence electrons. The Kier molecular flexibility index (Phi) is 4.63. The first-order valence-electron chi connectivity index (χ1n) is 3.06. The van der Waals surface area contributed by atoms with Crippen LogP contribution in [0.5, 0.6) is 0 Å². The van der Waals surface area contributed by atoms with Gasteiger partial charge in [0, 0.05) is 0 Å². The molecule has 0 heteroatoms. The van der Waals surface area contributed by atoms with Crippen molar-refractivity contribution in [2.24, 2.45) is 0 Å². The summed E-state index contributed by atoms with van der Waals surface area (Å²) in [5, 5.41) is 0. The fraction of sp³-hybridized carbons (Fsp3) is 0.333. The van der Waals surface area contributed by atoms with Crippen LogP contribution in [0.3, 0.4) is 0 Å². The first-order valence-corrected chi connectivity index (χ1v) is 3.06. The minimum absolute atomic E-state index is 0.886. The van der Waals surface area contributed by atoms with Crippen LogP contribution in [0.1, 0.15) is 19.3 Å². The molecule has 0 aliphatic heterocycles. The molecule has 0 saturated heterocycles. The van der Waals surface area contributed by atoms with E-state index in [-0.39, 0.29) is 0 Å². The lowest BCUT2D eigenvalue weighted by Gasteiger charge is -1.92. The highest BCUT2D eigenvalue weighted by molar-refractivity contribution is 5.20. The van der Waals surface area contributed by atoms with E-state index in [1.165, 1.54) is 0 Å². The maximum atomic E-state index is 5.08. The number of hydrogen-bond donors (Lipinski definition) is 0. The zero-order valence-electron chi connectivity index (χ0n) is 5.69. The second kappa shape index (κ2) is 5.18. The molecule has 0 aliphatic carbocycles. The zero-order valence-corrected chi connectivity index (χ0v) is 5.69. The summed E-state index contributed by atoms with van der Waals surface area (Å²) in [6, 6.07) is 0. The first kappa shape index (κ1) is 8.04.